The van der Waals surface area contributed by atoms with Crippen LogP contribution in [0.2, 0.25) is 5.02 Å². The highest BCUT2D eigenvalue weighted by atomic mass is 35.5. The average molecular weight is 291 g/mol. The Labute approximate surface area is 125 Å². The minimum atomic E-state index is 0.619. The second-order valence-electron chi connectivity index (χ2n) is 4.69. The molecule has 2 rings (SSSR count). The fourth-order valence-corrected chi connectivity index (χ4v) is 2.33. The molecule has 0 radical (unpaired) electrons. The lowest BCUT2D eigenvalue weighted by molar-refractivity contribution is 0.410. The van der Waals surface area contributed by atoms with Crippen LogP contribution in [0.4, 0.5) is 11.4 Å². The smallest absolute Gasteiger partial charge is 0.125 e. The molecule has 4 heteroatoms. The zero-order chi connectivity index (χ0) is 14.5. The molecule has 2 aromatic rings. The van der Waals surface area contributed by atoms with Gasteiger partial charge in [0.05, 0.1) is 18.5 Å². The standard InChI is InChI=1S/C16H19ClN2O/c1-19(2)15-9-5-4-8-14(15)18-11-12-13(17)7-6-10-16(12)20-3/h4-10,18H,11H2,1-3H3. The summed E-state index contributed by atoms with van der Waals surface area (Å²) < 4.78 is 5.36. The normalized spacial score (nSPS) is 10.2. The molecule has 3 nitrogen and oxygen atoms in total. The van der Waals surface area contributed by atoms with E-state index in [0.717, 1.165) is 22.7 Å². The van der Waals surface area contributed by atoms with Crippen molar-refractivity contribution < 1.29 is 4.74 Å². The molecule has 0 amide bonds. The molecular weight excluding hydrogens is 272 g/mol. The van der Waals surface area contributed by atoms with Gasteiger partial charge in [-0.3, -0.25) is 0 Å². The first-order valence-corrected chi connectivity index (χ1v) is 6.83. The molecule has 20 heavy (non-hydrogen) atoms. The van der Waals surface area contributed by atoms with Gasteiger partial charge in [-0.1, -0.05) is 29.8 Å². The monoisotopic (exact) mass is 290 g/mol. The summed E-state index contributed by atoms with van der Waals surface area (Å²) in [5.74, 6) is 0.798. The number of hydrogen-bond donors (Lipinski definition) is 1. The van der Waals surface area contributed by atoms with Crippen LogP contribution < -0.4 is 15.0 Å². The van der Waals surface area contributed by atoms with Crippen molar-refractivity contribution in [1.29, 1.82) is 0 Å². The summed E-state index contributed by atoms with van der Waals surface area (Å²) in [4.78, 5) is 2.08. The largest absolute Gasteiger partial charge is 0.496 e. The van der Waals surface area contributed by atoms with E-state index in [0.29, 0.717) is 11.6 Å². The number of methoxy groups -OCH3 is 1. The Kier molecular flexibility index (Phi) is 4.74. The number of rotatable bonds is 5. The molecule has 0 spiro atoms. The van der Waals surface area contributed by atoms with Crippen LogP contribution in [0.1, 0.15) is 5.56 Å². The van der Waals surface area contributed by atoms with Crippen LogP contribution in [0.3, 0.4) is 0 Å². The zero-order valence-electron chi connectivity index (χ0n) is 12.0. The summed E-state index contributed by atoms with van der Waals surface area (Å²) in [6.07, 6.45) is 0. The van der Waals surface area contributed by atoms with Gasteiger partial charge >= 0.3 is 0 Å². The maximum absolute atomic E-state index is 6.25. The molecule has 0 saturated carbocycles. The van der Waals surface area contributed by atoms with E-state index in [1.807, 2.05) is 44.4 Å². The first-order valence-electron chi connectivity index (χ1n) is 6.45. The van der Waals surface area contributed by atoms with Crippen LogP contribution in [0.5, 0.6) is 5.75 Å². The Morgan fingerprint density at radius 1 is 1.10 bits per heavy atom. The van der Waals surface area contributed by atoms with Crippen molar-refractivity contribution >= 4 is 23.0 Å². The predicted octanol–water partition coefficient (Wildman–Crippen LogP) is 4.03. The van der Waals surface area contributed by atoms with Gasteiger partial charge in [-0.05, 0) is 24.3 Å². The third-order valence-electron chi connectivity index (χ3n) is 3.14. The SMILES string of the molecule is COc1cccc(Cl)c1CNc1ccccc1N(C)C. The van der Waals surface area contributed by atoms with Crippen LogP contribution in [0.25, 0.3) is 0 Å². The summed E-state index contributed by atoms with van der Waals surface area (Å²) in [5, 5.41) is 4.13. The number of ether oxygens (including phenoxy) is 1. The van der Waals surface area contributed by atoms with E-state index in [2.05, 4.69) is 22.3 Å². The lowest BCUT2D eigenvalue weighted by atomic mass is 10.2. The summed E-state index contributed by atoms with van der Waals surface area (Å²) in [6.45, 7) is 0.619. The molecule has 0 aliphatic rings. The van der Waals surface area contributed by atoms with Crippen LogP contribution in [-0.2, 0) is 6.54 Å². The van der Waals surface area contributed by atoms with Crippen molar-refractivity contribution in [2.45, 2.75) is 6.54 Å². The average Bonchev–Trinajstić information content (AvgIpc) is 2.46. The predicted molar refractivity (Wildman–Crippen MR) is 86.1 cm³/mol. The fourth-order valence-electron chi connectivity index (χ4n) is 2.10. The molecule has 0 unspecified atom stereocenters. The first-order chi connectivity index (χ1) is 9.63. The Hall–Kier alpha value is -1.87. The molecule has 0 bridgehead atoms. The molecule has 2 aromatic carbocycles. The van der Waals surface area contributed by atoms with Crippen LogP contribution in [0, 0.1) is 0 Å². The first kappa shape index (κ1) is 14.5. The Balaban J connectivity index is 2.21. The minimum Gasteiger partial charge on any atom is -0.496 e. The third-order valence-corrected chi connectivity index (χ3v) is 3.49. The van der Waals surface area contributed by atoms with Crippen molar-refractivity contribution in [2.24, 2.45) is 0 Å². The molecule has 0 aromatic heterocycles. The number of nitrogens with one attached hydrogen (secondary N) is 1. The summed E-state index contributed by atoms with van der Waals surface area (Å²) in [5.41, 5.74) is 3.17. The molecular formula is C16H19ClN2O. The quantitative estimate of drug-likeness (QED) is 0.900. The van der Waals surface area contributed by atoms with Crippen molar-refractivity contribution in [1.82, 2.24) is 0 Å². The van der Waals surface area contributed by atoms with Gasteiger partial charge in [0.2, 0.25) is 0 Å². The number of halogens is 1. The highest BCUT2D eigenvalue weighted by molar-refractivity contribution is 6.31. The van der Waals surface area contributed by atoms with Crippen LogP contribution >= 0.6 is 11.6 Å². The third kappa shape index (κ3) is 3.17. The van der Waals surface area contributed by atoms with Gasteiger partial charge in [0.25, 0.3) is 0 Å². The van der Waals surface area contributed by atoms with E-state index in [1.54, 1.807) is 7.11 Å². The molecule has 106 valence electrons. The molecule has 0 fully saturated rings. The van der Waals surface area contributed by atoms with Crippen molar-refractivity contribution in [2.75, 3.05) is 31.4 Å². The van der Waals surface area contributed by atoms with Crippen molar-refractivity contribution in [3.05, 3.63) is 53.1 Å². The number of hydrogen-bond acceptors (Lipinski definition) is 3. The maximum Gasteiger partial charge on any atom is 0.125 e. The summed E-state index contributed by atoms with van der Waals surface area (Å²) in [6, 6.07) is 13.8. The van der Waals surface area contributed by atoms with E-state index in [1.165, 1.54) is 0 Å². The Morgan fingerprint density at radius 3 is 2.55 bits per heavy atom. The number of anilines is 2. The van der Waals surface area contributed by atoms with Gasteiger partial charge in [-0.15, -0.1) is 0 Å². The van der Waals surface area contributed by atoms with Gasteiger partial charge in [0, 0.05) is 31.2 Å². The van der Waals surface area contributed by atoms with E-state index < -0.39 is 0 Å². The molecule has 1 N–H and O–H groups in total. The minimum absolute atomic E-state index is 0.619. The van der Waals surface area contributed by atoms with Crippen molar-refractivity contribution in [3.63, 3.8) is 0 Å². The highest BCUT2D eigenvalue weighted by Gasteiger charge is 2.09. The van der Waals surface area contributed by atoms with E-state index in [4.69, 9.17) is 16.3 Å². The molecule has 0 atom stereocenters. The van der Waals surface area contributed by atoms with E-state index in [9.17, 15) is 0 Å². The lowest BCUT2D eigenvalue weighted by Gasteiger charge is -2.19. The molecule has 0 saturated heterocycles. The van der Waals surface area contributed by atoms with Gasteiger partial charge < -0.3 is 15.0 Å². The maximum atomic E-state index is 6.25. The van der Waals surface area contributed by atoms with Gasteiger partial charge in [0.1, 0.15) is 5.75 Å². The number of nitrogens with zero attached hydrogens (tertiary/aromatic N) is 1. The number of para-hydroxylation sites is 2. The van der Waals surface area contributed by atoms with Gasteiger partial charge in [0.15, 0.2) is 0 Å². The fraction of sp³-hybridized carbons (Fsp3) is 0.250. The second-order valence-corrected chi connectivity index (χ2v) is 5.09. The molecule has 0 heterocycles. The summed E-state index contributed by atoms with van der Waals surface area (Å²) >= 11 is 6.25. The topological polar surface area (TPSA) is 24.5 Å². The summed E-state index contributed by atoms with van der Waals surface area (Å²) in [7, 11) is 5.70. The lowest BCUT2D eigenvalue weighted by Crippen LogP contribution is -2.12. The second kappa shape index (κ2) is 6.53. The Morgan fingerprint density at radius 2 is 1.85 bits per heavy atom. The zero-order valence-corrected chi connectivity index (χ0v) is 12.7. The number of benzene rings is 2. The van der Waals surface area contributed by atoms with Crippen molar-refractivity contribution in [3.8, 4) is 5.75 Å². The van der Waals surface area contributed by atoms with Gasteiger partial charge in [-0.25, -0.2) is 0 Å². The van der Waals surface area contributed by atoms with E-state index >= 15 is 0 Å². The van der Waals surface area contributed by atoms with Crippen LogP contribution in [-0.4, -0.2) is 21.2 Å². The Bertz CT molecular complexity index is 584. The molecule has 0 aliphatic heterocycles. The van der Waals surface area contributed by atoms with Crippen LogP contribution in [0.15, 0.2) is 42.5 Å². The van der Waals surface area contributed by atoms with E-state index in [-0.39, 0.29) is 0 Å². The van der Waals surface area contributed by atoms with Gasteiger partial charge in [-0.2, -0.15) is 0 Å². The molecule has 0 aliphatic carbocycles. The highest BCUT2D eigenvalue weighted by Crippen LogP contribution is 2.29.